The van der Waals surface area contributed by atoms with E-state index in [2.05, 4.69) is 10.6 Å². The largest absolute Gasteiger partial charge is 0.507 e. The van der Waals surface area contributed by atoms with Crippen LogP contribution in [0.3, 0.4) is 0 Å². The molecule has 0 spiro atoms. The maximum atomic E-state index is 15.8. The van der Waals surface area contributed by atoms with Crippen molar-refractivity contribution in [3.05, 3.63) is 76.4 Å². The minimum atomic E-state index is -1.13. The average Bonchev–Trinajstić information content (AvgIpc) is 2.78. The Morgan fingerprint density at radius 2 is 1.31 bits per heavy atom. The third kappa shape index (κ3) is 3.33. The van der Waals surface area contributed by atoms with E-state index in [-0.39, 0.29) is 11.4 Å². The number of aromatic hydroxyl groups is 2. The number of benzene rings is 3. The Morgan fingerprint density at radius 3 is 1.84 bits per heavy atom. The summed E-state index contributed by atoms with van der Waals surface area (Å²) in [4.78, 5) is 26.2. The van der Waals surface area contributed by atoms with E-state index in [4.69, 9.17) is 0 Å². The van der Waals surface area contributed by atoms with Gasteiger partial charge in [-0.1, -0.05) is 31.5 Å². The molecule has 0 aromatic heterocycles. The zero-order valence-electron chi connectivity index (χ0n) is 17.1. The summed E-state index contributed by atoms with van der Waals surface area (Å²) < 4.78 is 31.4. The van der Waals surface area contributed by atoms with E-state index in [0.717, 1.165) is 18.6 Å². The van der Waals surface area contributed by atoms with Crippen molar-refractivity contribution in [2.75, 3.05) is 17.2 Å². The highest BCUT2D eigenvalue weighted by Crippen LogP contribution is 2.44. The zero-order chi connectivity index (χ0) is 23.0. The number of hydrogen-bond acceptors (Lipinski definition) is 6. The summed E-state index contributed by atoms with van der Waals surface area (Å²) in [5, 5.41) is 25.9. The van der Waals surface area contributed by atoms with Gasteiger partial charge in [-0.25, -0.2) is 8.78 Å². The Balaban J connectivity index is 1.97. The fourth-order valence-electron chi connectivity index (χ4n) is 3.75. The third-order valence-corrected chi connectivity index (χ3v) is 5.32. The van der Waals surface area contributed by atoms with Crippen LogP contribution in [0.25, 0.3) is 0 Å². The van der Waals surface area contributed by atoms with Gasteiger partial charge in [-0.15, -0.1) is 0 Å². The SMILES string of the molecule is CCCCNc1c(F)c2c(c(F)c1Nc1ccccc1)C(=O)c1c(O)ccc(O)c1C2=O. The molecule has 8 heteroatoms. The van der Waals surface area contributed by atoms with Crippen LogP contribution in [0, 0.1) is 11.6 Å². The molecule has 0 atom stereocenters. The van der Waals surface area contributed by atoms with Gasteiger partial charge in [-0.2, -0.15) is 0 Å². The number of anilines is 3. The minimum absolute atomic E-state index is 0.289. The summed E-state index contributed by atoms with van der Waals surface area (Å²) in [6.45, 7) is 2.24. The first-order valence-electron chi connectivity index (χ1n) is 10.1. The molecular formula is C24H20F2N2O4. The Bertz CT molecular complexity index is 1240. The monoisotopic (exact) mass is 438 g/mol. The van der Waals surface area contributed by atoms with Crippen LogP contribution >= 0.6 is 0 Å². The van der Waals surface area contributed by atoms with Crippen molar-refractivity contribution < 1.29 is 28.6 Å². The van der Waals surface area contributed by atoms with Crippen molar-refractivity contribution >= 4 is 28.6 Å². The van der Waals surface area contributed by atoms with Gasteiger partial charge in [0.15, 0.2) is 11.6 Å². The van der Waals surface area contributed by atoms with E-state index >= 15 is 8.78 Å². The lowest BCUT2D eigenvalue weighted by Gasteiger charge is -2.24. The summed E-state index contributed by atoms with van der Waals surface area (Å²) >= 11 is 0. The van der Waals surface area contributed by atoms with Gasteiger partial charge in [0, 0.05) is 12.2 Å². The summed E-state index contributed by atoms with van der Waals surface area (Å²) in [6.07, 6.45) is 1.45. The molecule has 0 fully saturated rings. The molecule has 164 valence electrons. The van der Waals surface area contributed by atoms with Crippen LogP contribution in [0.15, 0.2) is 42.5 Å². The van der Waals surface area contributed by atoms with Crippen LogP contribution in [0.1, 0.15) is 51.6 Å². The number of carbonyl (C=O) groups excluding carboxylic acids is 2. The predicted molar refractivity (Wildman–Crippen MR) is 116 cm³/mol. The van der Waals surface area contributed by atoms with E-state index in [9.17, 15) is 19.8 Å². The summed E-state index contributed by atoms with van der Waals surface area (Å²) in [5.74, 6) is -5.61. The number of unbranched alkanes of at least 4 members (excludes halogenated alkanes) is 1. The normalized spacial score (nSPS) is 12.3. The third-order valence-electron chi connectivity index (χ3n) is 5.32. The van der Waals surface area contributed by atoms with Gasteiger partial charge in [-0.3, -0.25) is 9.59 Å². The van der Waals surface area contributed by atoms with Crippen LogP contribution in [-0.2, 0) is 0 Å². The first-order valence-corrected chi connectivity index (χ1v) is 10.1. The molecule has 0 heterocycles. The molecule has 6 nitrogen and oxygen atoms in total. The summed E-state index contributed by atoms with van der Waals surface area (Å²) in [7, 11) is 0. The molecule has 3 aromatic carbocycles. The molecule has 3 aromatic rings. The highest BCUT2D eigenvalue weighted by molar-refractivity contribution is 6.31. The molecule has 32 heavy (non-hydrogen) atoms. The number of carbonyl (C=O) groups is 2. The van der Waals surface area contributed by atoms with Crippen molar-refractivity contribution in [2.24, 2.45) is 0 Å². The van der Waals surface area contributed by atoms with E-state index in [0.29, 0.717) is 18.7 Å². The molecule has 0 unspecified atom stereocenters. The highest BCUT2D eigenvalue weighted by Gasteiger charge is 2.41. The fourth-order valence-corrected chi connectivity index (χ4v) is 3.75. The second-order valence-corrected chi connectivity index (χ2v) is 7.41. The van der Waals surface area contributed by atoms with Crippen molar-refractivity contribution in [1.29, 1.82) is 0 Å². The van der Waals surface area contributed by atoms with Crippen LogP contribution in [-0.4, -0.2) is 28.3 Å². The lowest BCUT2D eigenvalue weighted by molar-refractivity contribution is 0.0967. The van der Waals surface area contributed by atoms with Gasteiger partial charge >= 0.3 is 0 Å². The van der Waals surface area contributed by atoms with Crippen molar-refractivity contribution in [3.8, 4) is 11.5 Å². The van der Waals surface area contributed by atoms with Crippen LogP contribution in [0.2, 0.25) is 0 Å². The lowest BCUT2D eigenvalue weighted by atomic mass is 9.81. The minimum Gasteiger partial charge on any atom is -0.507 e. The molecule has 0 aliphatic heterocycles. The maximum Gasteiger partial charge on any atom is 0.201 e. The van der Waals surface area contributed by atoms with Crippen molar-refractivity contribution in [2.45, 2.75) is 19.8 Å². The number of para-hydroxylation sites is 1. The van der Waals surface area contributed by atoms with Gasteiger partial charge in [0.25, 0.3) is 0 Å². The van der Waals surface area contributed by atoms with Crippen molar-refractivity contribution in [3.63, 3.8) is 0 Å². The Morgan fingerprint density at radius 1 is 0.781 bits per heavy atom. The molecule has 0 amide bonds. The molecule has 0 bridgehead atoms. The van der Waals surface area contributed by atoms with E-state index < -0.39 is 57.0 Å². The summed E-state index contributed by atoms with van der Waals surface area (Å²) in [6, 6.07) is 10.5. The van der Waals surface area contributed by atoms with Gasteiger partial charge < -0.3 is 20.8 Å². The quantitative estimate of drug-likeness (QED) is 0.247. The number of phenols is 2. The maximum absolute atomic E-state index is 15.8. The Kier molecular flexibility index (Phi) is 5.52. The number of nitrogens with one attached hydrogen (secondary N) is 2. The molecule has 1 aliphatic rings. The molecule has 4 N–H and O–H groups in total. The average molecular weight is 438 g/mol. The highest BCUT2D eigenvalue weighted by atomic mass is 19.1. The first-order chi connectivity index (χ1) is 15.4. The molecule has 0 radical (unpaired) electrons. The second-order valence-electron chi connectivity index (χ2n) is 7.41. The van der Waals surface area contributed by atoms with Crippen LogP contribution < -0.4 is 10.6 Å². The number of halogens is 2. The van der Waals surface area contributed by atoms with Gasteiger partial charge in [-0.05, 0) is 30.7 Å². The number of fused-ring (bicyclic) bond motifs is 2. The van der Waals surface area contributed by atoms with Gasteiger partial charge in [0.1, 0.15) is 17.2 Å². The van der Waals surface area contributed by atoms with E-state index in [1.165, 1.54) is 0 Å². The summed E-state index contributed by atoms with van der Waals surface area (Å²) in [5.41, 5.74) is -2.85. The Labute approximate surface area is 182 Å². The zero-order valence-corrected chi connectivity index (χ0v) is 17.1. The predicted octanol–water partition coefficient (Wildman–Crippen LogP) is 5.11. The van der Waals surface area contributed by atoms with Crippen LogP contribution in [0.5, 0.6) is 11.5 Å². The number of ketones is 2. The fraction of sp³-hybridized carbons (Fsp3) is 0.167. The molecule has 4 rings (SSSR count). The van der Waals surface area contributed by atoms with E-state index in [1.54, 1.807) is 30.3 Å². The van der Waals surface area contributed by atoms with Crippen molar-refractivity contribution in [1.82, 2.24) is 0 Å². The van der Waals surface area contributed by atoms with Gasteiger partial charge in [0.2, 0.25) is 11.6 Å². The number of phenolic OH excluding ortho intramolecular Hbond substituents is 2. The molecule has 0 saturated heterocycles. The van der Waals surface area contributed by atoms with Crippen LogP contribution in [0.4, 0.5) is 25.8 Å². The number of rotatable bonds is 6. The molecular weight excluding hydrogens is 418 g/mol. The molecule has 1 aliphatic carbocycles. The first kappa shape index (κ1) is 21.3. The van der Waals surface area contributed by atoms with Gasteiger partial charge in [0.05, 0.1) is 27.9 Å². The second kappa shape index (κ2) is 8.30. The Hall–Kier alpha value is -3.94. The smallest absolute Gasteiger partial charge is 0.201 e. The number of hydrogen-bond donors (Lipinski definition) is 4. The molecule has 0 saturated carbocycles. The topological polar surface area (TPSA) is 98.7 Å². The standard InChI is InChI=1S/C24H20F2N2O4/c1-2-3-11-27-21-19(25)17-18(20(26)22(21)28-12-7-5-4-6-8-12)24(32)16-14(30)10-9-13(29)15(16)23(17)31/h4-10,27-30H,2-3,11H2,1H3. The lowest BCUT2D eigenvalue weighted by Crippen LogP contribution is -2.26. The van der Waals surface area contributed by atoms with E-state index in [1.807, 2.05) is 6.92 Å².